The highest BCUT2D eigenvalue weighted by Crippen LogP contribution is 2.33. The number of nitrogens with one attached hydrogen (secondary N) is 2. The van der Waals surface area contributed by atoms with E-state index in [1.54, 1.807) is 18.9 Å². The van der Waals surface area contributed by atoms with Gasteiger partial charge >= 0.3 is 0 Å². The van der Waals surface area contributed by atoms with E-state index >= 15 is 0 Å². The van der Waals surface area contributed by atoms with Crippen LogP contribution >= 0.6 is 11.8 Å². The maximum atomic E-state index is 13.0. The summed E-state index contributed by atoms with van der Waals surface area (Å²) in [6.45, 7) is 0. The summed E-state index contributed by atoms with van der Waals surface area (Å²) in [4.78, 5) is 15.1. The van der Waals surface area contributed by atoms with Crippen molar-refractivity contribution in [2.75, 3.05) is 26.5 Å². The van der Waals surface area contributed by atoms with E-state index in [9.17, 15) is 4.79 Å². The van der Waals surface area contributed by atoms with Crippen LogP contribution < -0.4 is 27.4 Å². The fourth-order valence-corrected chi connectivity index (χ4v) is 4.20. The van der Waals surface area contributed by atoms with Gasteiger partial charge in [-0.1, -0.05) is 60.7 Å². The molecule has 2 N–H and O–H groups in total. The molecule has 0 bridgehead atoms. The van der Waals surface area contributed by atoms with Crippen molar-refractivity contribution in [3.63, 3.8) is 0 Å². The number of carbonyl (C=O) groups is 1. The van der Waals surface area contributed by atoms with Crippen LogP contribution in [0.5, 0.6) is 5.75 Å². The minimum Gasteiger partial charge on any atom is -1.00 e. The Morgan fingerprint density at radius 1 is 0.968 bits per heavy atom. The number of benzene rings is 3. The van der Waals surface area contributed by atoms with Crippen LogP contribution in [0.4, 0.5) is 5.69 Å². The molecule has 0 unspecified atom stereocenters. The van der Waals surface area contributed by atoms with Gasteiger partial charge < -0.3 is 27.4 Å². The molecular formula is C25H29ClN2O2S. The number of carbonyl (C=O) groups excluding carboxylic acids is 1. The Labute approximate surface area is 195 Å². The second-order valence-corrected chi connectivity index (χ2v) is 8.47. The molecule has 0 radical (unpaired) electrons. The van der Waals surface area contributed by atoms with Gasteiger partial charge in [-0.15, -0.1) is 11.8 Å². The van der Waals surface area contributed by atoms with E-state index < -0.39 is 0 Å². The van der Waals surface area contributed by atoms with Crippen LogP contribution in [-0.2, 0) is 17.0 Å². The first-order valence-corrected chi connectivity index (χ1v) is 11.0. The third kappa shape index (κ3) is 7.31. The van der Waals surface area contributed by atoms with Crippen LogP contribution in [0, 0.1) is 0 Å². The molecule has 0 aliphatic rings. The Kier molecular flexibility index (Phi) is 9.92. The first kappa shape index (κ1) is 24.8. The molecule has 0 aliphatic carbocycles. The number of hydrogen-bond donors (Lipinski definition) is 2. The fourth-order valence-electron chi connectivity index (χ4n) is 3.24. The molecule has 31 heavy (non-hydrogen) atoms. The van der Waals surface area contributed by atoms with Crippen molar-refractivity contribution in [1.29, 1.82) is 0 Å². The van der Waals surface area contributed by atoms with Gasteiger partial charge in [0.05, 0.1) is 21.2 Å². The molecule has 0 saturated heterocycles. The molecule has 3 aromatic rings. The zero-order chi connectivity index (χ0) is 21.3. The number of hydrogen-bond acceptors (Lipinski definition) is 3. The summed E-state index contributed by atoms with van der Waals surface area (Å²) in [5, 5.41) is 3.07. The standard InChI is InChI=1S/C25H28N2O2S.ClH/c1-27(2)22(16-19-10-6-4-7-11-19)25(28)26-21-14-15-24(23(17-21)29-3)30-18-20-12-8-5-9-13-20;/h4-15,17,22H,16,18H2,1-3H3,(H,26,28);1H/t22-;/m0./s1. The molecule has 0 spiro atoms. The Morgan fingerprint density at radius 2 is 1.58 bits per heavy atom. The monoisotopic (exact) mass is 456 g/mol. The van der Waals surface area contributed by atoms with Crippen LogP contribution in [0.2, 0.25) is 0 Å². The third-order valence-corrected chi connectivity index (χ3v) is 6.09. The maximum Gasteiger partial charge on any atom is 0.283 e. The summed E-state index contributed by atoms with van der Waals surface area (Å²) < 4.78 is 5.58. The average molecular weight is 457 g/mol. The van der Waals surface area contributed by atoms with E-state index in [2.05, 4.69) is 29.6 Å². The van der Waals surface area contributed by atoms with Crippen molar-refractivity contribution in [2.24, 2.45) is 0 Å². The molecule has 1 amide bonds. The summed E-state index contributed by atoms with van der Waals surface area (Å²) >= 11 is 1.72. The van der Waals surface area contributed by atoms with Crippen molar-refractivity contribution in [1.82, 2.24) is 0 Å². The molecule has 6 heteroatoms. The third-order valence-electron chi connectivity index (χ3n) is 4.96. The predicted molar refractivity (Wildman–Crippen MR) is 124 cm³/mol. The molecule has 0 heterocycles. The number of likely N-dealkylation sites (N-methyl/N-ethyl adjacent to an activating group) is 1. The Hall–Kier alpha value is -2.47. The van der Waals surface area contributed by atoms with Crippen molar-refractivity contribution in [3.05, 3.63) is 90.0 Å². The van der Waals surface area contributed by atoms with Crippen LogP contribution in [0.3, 0.4) is 0 Å². The second-order valence-electron chi connectivity index (χ2n) is 7.45. The molecule has 1 atom stereocenters. The number of anilines is 1. The lowest BCUT2D eigenvalue weighted by molar-refractivity contribution is -0.875. The summed E-state index contributed by atoms with van der Waals surface area (Å²) in [5.74, 6) is 1.64. The summed E-state index contributed by atoms with van der Waals surface area (Å²) in [5.41, 5.74) is 3.17. The highest BCUT2D eigenvalue weighted by molar-refractivity contribution is 7.98. The number of quaternary nitrogens is 1. The highest BCUT2D eigenvalue weighted by atomic mass is 35.5. The number of thioether (sulfide) groups is 1. The fraction of sp³-hybridized carbons (Fsp3) is 0.240. The van der Waals surface area contributed by atoms with Gasteiger partial charge in [-0.05, 0) is 23.3 Å². The first-order chi connectivity index (χ1) is 14.6. The number of amides is 1. The normalized spacial score (nSPS) is 11.5. The first-order valence-electron chi connectivity index (χ1n) is 10.1. The average Bonchev–Trinajstić information content (AvgIpc) is 2.77. The number of rotatable bonds is 9. The predicted octanol–water partition coefficient (Wildman–Crippen LogP) is 0.686. The Balaban J connectivity index is 0.00000341. The molecule has 3 aromatic carbocycles. The molecule has 0 saturated carbocycles. The van der Waals surface area contributed by atoms with Gasteiger partial charge in [0, 0.05) is 28.8 Å². The SMILES string of the molecule is COc1cc(NC(=O)[C@H](Cc2ccccc2)[NH+](C)C)ccc1SCc1ccccc1.[Cl-]. The molecule has 3 rings (SSSR count). The van der Waals surface area contributed by atoms with E-state index in [0.717, 1.165) is 32.5 Å². The number of halogens is 1. The van der Waals surface area contributed by atoms with E-state index in [-0.39, 0.29) is 24.4 Å². The summed E-state index contributed by atoms with van der Waals surface area (Å²) in [7, 11) is 5.68. The highest BCUT2D eigenvalue weighted by Gasteiger charge is 2.25. The van der Waals surface area contributed by atoms with Gasteiger partial charge in [0.25, 0.3) is 5.91 Å². The quantitative estimate of drug-likeness (QED) is 0.465. The minimum atomic E-state index is -0.175. The molecule has 0 fully saturated rings. The minimum absolute atomic E-state index is 0. The van der Waals surface area contributed by atoms with Crippen molar-refractivity contribution >= 4 is 23.4 Å². The van der Waals surface area contributed by atoms with Crippen LogP contribution in [0.1, 0.15) is 11.1 Å². The molecule has 0 aliphatic heterocycles. The van der Waals surface area contributed by atoms with Crippen molar-refractivity contribution in [2.45, 2.75) is 23.1 Å². The van der Waals surface area contributed by atoms with Crippen LogP contribution in [0.15, 0.2) is 83.8 Å². The van der Waals surface area contributed by atoms with Gasteiger partial charge in [0.1, 0.15) is 5.75 Å². The van der Waals surface area contributed by atoms with E-state index in [1.165, 1.54) is 5.56 Å². The molecule has 164 valence electrons. The molecular weight excluding hydrogens is 428 g/mol. The zero-order valence-electron chi connectivity index (χ0n) is 18.1. The summed E-state index contributed by atoms with van der Waals surface area (Å²) in [6, 6.07) is 26.1. The summed E-state index contributed by atoms with van der Waals surface area (Å²) in [6.07, 6.45) is 0.692. The molecule has 4 nitrogen and oxygen atoms in total. The second kappa shape index (κ2) is 12.4. The lowest BCUT2D eigenvalue weighted by atomic mass is 10.0. The van der Waals surface area contributed by atoms with Gasteiger partial charge in [0.15, 0.2) is 6.04 Å². The van der Waals surface area contributed by atoms with Crippen molar-refractivity contribution < 1.29 is 26.8 Å². The topological polar surface area (TPSA) is 42.8 Å². The lowest BCUT2D eigenvalue weighted by Gasteiger charge is -2.21. The van der Waals surface area contributed by atoms with Crippen LogP contribution in [-0.4, -0.2) is 33.2 Å². The largest absolute Gasteiger partial charge is 1.00 e. The lowest BCUT2D eigenvalue weighted by Crippen LogP contribution is -3.11. The van der Waals surface area contributed by atoms with Gasteiger partial charge in [0.2, 0.25) is 0 Å². The van der Waals surface area contributed by atoms with Gasteiger partial charge in [-0.3, -0.25) is 4.79 Å². The number of methoxy groups -OCH3 is 1. The Morgan fingerprint density at radius 3 is 2.16 bits per heavy atom. The van der Waals surface area contributed by atoms with Crippen molar-refractivity contribution in [3.8, 4) is 5.75 Å². The number of ether oxygens (including phenoxy) is 1. The Bertz CT molecular complexity index is 952. The zero-order valence-corrected chi connectivity index (χ0v) is 19.7. The van der Waals surface area contributed by atoms with Crippen LogP contribution in [0.25, 0.3) is 0 Å². The van der Waals surface area contributed by atoms with Gasteiger partial charge in [-0.2, -0.15) is 0 Å². The van der Waals surface area contributed by atoms with Gasteiger partial charge in [-0.25, -0.2) is 0 Å². The molecule has 0 aromatic heterocycles. The van der Waals surface area contributed by atoms with E-state index in [4.69, 9.17) is 4.74 Å². The van der Waals surface area contributed by atoms with E-state index in [1.807, 2.05) is 68.7 Å². The maximum absolute atomic E-state index is 13.0. The smallest absolute Gasteiger partial charge is 0.283 e. The van der Waals surface area contributed by atoms with E-state index in [0.29, 0.717) is 6.42 Å².